The number of nitrogens with zero attached hydrogens (tertiary/aromatic N) is 2. The topological polar surface area (TPSA) is 94.4 Å². The van der Waals surface area contributed by atoms with Crippen LogP contribution in [0.25, 0.3) is 0 Å². The molecule has 0 amide bonds. The van der Waals surface area contributed by atoms with Crippen molar-refractivity contribution < 1.29 is 18.8 Å². The molecule has 21 heavy (non-hydrogen) atoms. The van der Waals surface area contributed by atoms with Gasteiger partial charge in [0.2, 0.25) is 0 Å². The molecule has 1 aromatic carbocycles. The number of halogens is 1. The number of hydrogen-bond donors (Lipinski definition) is 1. The highest BCUT2D eigenvalue weighted by atomic mass is 32.1. The first-order valence-electron chi connectivity index (χ1n) is 5.85. The summed E-state index contributed by atoms with van der Waals surface area (Å²) < 4.78 is 18.0. The van der Waals surface area contributed by atoms with Gasteiger partial charge in [0, 0.05) is 12.1 Å². The lowest BCUT2D eigenvalue weighted by Gasteiger charge is -2.03. The van der Waals surface area contributed by atoms with Crippen molar-refractivity contribution in [3.05, 3.63) is 45.2 Å². The van der Waals surface area contributed by atoms with Crippen LogP contribution in [0.5, 0.6) is 0 Å². The molecule has 0 spiro atoms. The fraction of sp³-hybridized carbons (Fsp3) is 0.167. The number of hydrogen-bond acceptors (Lipinski definition) is 7. The number of rotatable bonds is 5. The van der Waals surface area contributed by atoms with E-state index < -0.39 is 16.7 Å². The van der Waals surface area contributed by atoms with E-state index in [0.717, 1.165) is 29.5 Å². The number of carbonyl (C=O) groups is 1. The fourth-order valence-corrected chi connectivity index (χ4v) is 2.23. The van der Waals surface area contributed by atoms with Crippen LogP contribution in [0.15, 0.2) is 24.4 Å². The molecule has 1 N–H and O–H groups in total. The Morgan fingerprint density at radius 2 is 2.33 bits per heavy atom. The van der Waals surface area contributed by atoms with Crippen LogP contribution in [-0.2, 0) is 4.74 Å². The molecule has 0 aliphatic heterocycles. The van der Waals surface area contributed by atoms with E-state index >= 15 is 0 Å². The van der Waals surface area contributed by atoms with Crippen LogP contribution >= 0.6 is 11.3 Å². The van der Waals surface area contributed by atoms with Crippen molar-refractivity contribution in [3.63, 3.8) is 0 Å². The van der Waals surface area contributed by atoms with Crippen LogP contribution in [0.2, 0.25) is 0 Å². The molecule has 9 heteroatoms. The molecular formula is C12H10FN3O4S. The van der Waals surface area contributed by atoms with E-state index in [0.29, 0.717) is 0 Å². The highest BCUT2D eigenvalue weighted by Gasteiger charge is 2.17. The lowest BCUT2D eigenvalue weighted by atomic mass is 10.2. The van der Waals surface area contributed by atoms with Crippen LogP contribution in [0, 0.1) is 15.9 Å². The number of nitro groups is 1. The van der Waals surface area contributed by atoms with E-state index in [2.05, 4.69) is 10.3 Å². The monoisotopic (exact) mass is 311 g/mol. The number of esters is 1. The van der Waals surface area contributed by atoms with Crippen molar-refractivity contribution in [2.75, 3.05) is 11.9 Å². The van der Waals surface area contributed by atoms with E-state index in [9.17, 15) is 19.3 Å². The summed E-state index contributed by atoms with van der Waals surface area (Å²) in [5, 5.41) is 13.7. The Labute approximate surface area is 122 Å². The summed E-state index contributed by atoms with van der Waals surface area (Å²) in [6.45, 7) is 1.91. The quantitative estimate of drug-likeness (QED) is 0.518. The van der Waals surface area contributed by atoms with Gasteiger partial charge in [0.05, 0.1) is 17.7 Å². The molecule has 7 nitrogen and oxygen atoms in total. The molecule has 0 bridgehead atoms. The number of thiazole rings is 1. The number of ether oxygens (including phenoxy) is 1. The van der Waals surface area contributed by atoms with Crippen LogP contribution in [0.3, 0.4) is 0 Å². The van der Waals surface area contributed by atoms with Crippen molar-refractivity contribution in [2.24, 2.45) is 0 Å². The number of nitrogens with one attached hydrogen (secondary N) is 1. The predicted molar refractivity (Wildman–Crippen MR) is 74.4 cm³/mol. The molecule has 0 aliphatic rings. The number of carbonyl (C=O) groups excluding carboxylic acids is 1. The molecule has 0 atom stereocenters. The van der Waals surface area contributed by atoms with Crippen LogP contribution in [0.4, 0.5) is 20.9 Å². The number of benzene rings is 1. The smallest absolute Gasteiger partial charge is 0.350 e. The van der Waals surface area contributed by atoms with Gasteiger partial charge in [0.1, 0.15) is 16.4 Å². The minimum absolute atomic E-state index is 0.0373. The van der Waals surface area contributed by atoms with Gasteiger partial charge in [0.25, 0.3) is 5.69 Å². The lowest BCUT2D eigenvalue weighted by molar-refractivity contribution is -0.384. The summed E-state index contributed by atoms with van der Waals surface area (Å²) in [4.78, 5) is 25.9. The minimum Gasteiger partial charge on any atom is -0.462 e. The van der Waals surface area contributed by atoms with Crippen LogP contribution < -0.4 is 5.32 Å². The third kappa shape index (κ3) is 3.51. The lowest BCUT2D eigenvalue weighted by Crippen LogP contribution is -2.01. The number of aromatic nitrogens is 1. The summed E-state index contributed by atoms with van der Waals surface area (Å²) in [5.74, 6) is -1.15. The van der Waals surface area contributed by atoms with Gasteiger partial charge in [0.15, 0.2) is 5.13 Å². The zero-order valence-electron chi connectivity index (χ0n) is 10.8. The Morgan fingerprint density at radius 3 is 3.00 bits per heavy atom. The zero-order chi connectivity index (χ0) is 15.4. The Kier molecular flexibility index (Phi) is 4.43. The number of nitro benzene ring substituents is 1. The Balaban J connectivity index is 2.24. The van der Waals surface area contributed by atoms with Crippen molar-refractivity contribution in [1.82, 2.24) is 4.98 Å². The molecule has 2 rings (SSSR count). The molecule has 1 heterocycles. The molecule has 0 unspecified atom stereocenters. The first-order valence-corrected chi connectivity index (χ1v) is 6.67. The van der Waals surface area contributed by atoms with Gasteiger partial charge in [-0.05, 0) is 13.0 Å². The molecule has 0 radical (unpaired) electrons. The molecule has 0 aliphatic carbocycles. The maximum Gasteiger partial charge on any atom is 0.350 e. The second-order valence-corrected chi connectivity index (χ2v) is 4.82. The fourth-order valence-electron chi connectivity index (χ4n) is 1.51. The molecule has 0 saturated heterocycles. The normalized spacial score (nSPS) is 10.2. The Bertz CT molecular complexity index is 689. The second kappa shape index (κ2) is 6.27. The highest BCUT2D eigenvalue weighted by molar-refractivity contribution is 7.17. The maximum atomic E-state index is 13.2. The van der Waals surface area contributed by atoms with E-state index in [-0.39, 0.29) is 28.0 Å². The van der Waals surface area contributed by atoms with Gasteiger partial charge in [-0.25, -0.2) is 14.2 Å². The predicted octanol–water partition coefficient (Wildman–Crippen LogP) is 3.11. The van der Waals surface area contributed by atoms with Crippen LogP contribution in [-0.4, -0.2) is 22.5 Å². The Morgan fingerprint density at radius 1 is 1.57 bits per heavy atom. The average Bonchev–Trinajstić information content (AvgIpc) is 2.87. The van der Waals surface area contributed by atoms with Gasteiger partial charge in [-0.3, -0.25) is 10.1 Å². The zero-order valence-corrected chi connectivity index (χ0v) is 11.6. The average molecular weight is 311 g/mol. The second-order valence-electron chi connectivity index (χ2n) is 3.79. The third-order valence-electron chi connectivity index (χ3n) is 2.38. The SMILES string of the molecule is CCOC(=O)c1cnc(Nc2cc(F)ccc2[N+](=O)[O-])s1. The number of anilines is 2. The Hall–Kier alpha value is -2.55. The summed E-state index contributed by atoms with van der Waals surface area (Å²) >= 11 is 0.960. The molecule has 0 fully saturated rings. The van der Waals surface area contributed by atoms with Crippen molar-refractivity contribution in [1.29, 1.82) is 0 Å². The first-order chi connectivity index (χ1) is 10.0. The van der Waals surface area contributed by atoms with Gasteiger partial charge < -0.3 is 10.1 Å². The largest absolute Gasteiger partial charge is 0.462 e. The van der Waals surface area contributed by atoms with E-state index in [1.807, 2.05) is 0 Å². The molecule has 0 saturated carbocycles. The molecular weight excluding hydrogens is 301 g/mol. The van der Waals surface area contributed by atoms with E-state index in [1.165, 1.54) is 6.20 Å². The maximum absolute atomic E-state index is 13.2. The van der Waals surface area contributed by atoms with Crippen molar-refractivity contribution in [2.45, 2.75) is 6.92 Å². The van der Waals surface area contributed by atoms with Crippen molar-refractivity contribution >= 4 is 33.8 Å². The van der Waals surface area contributed by atoms with E-state index in [4.69, 9.17) is 4.74 Å². The highest BCUT2D eigenvalue weighted by Crippen LogP contribution is 2.30. The minimum atomic E-state index is -0.637. The summed E-state index contributed by atoms with van der Waals surface area (Å²) in [6.07, 6.45) is 1.29. The van der Waals surface area contributed by atoms with Gasteiger partial charge >= 0.3 is 5.97 Å². The van der Waals surface area contributed by atoms with Crippen LogP contribution in [0.1, 0.15) is 16.6 Å². The summed E-state index contributed by atoms with van der Waals surface area (Å²) in [7, 11) is 0. The van der Waals surface area contributed by atoms with Crippen molar-refractivity contribution in [3.8, 4) is 0 Å². The standard InChI is InChI=1S/C12H10FN3O4S/c1-2-20-11(17)10-6-14-12(21-10)15-8-5-7(13)3-4-9(8)16(18)19/h3-6H,2H2,1H3,(H,14,15). The van der Waals surface area contributed by atoms with Gasteiger partial charge in [-0.2, -0.15) is 0 Å². The third-order valence-corrected chi connectivity index (χ3v) is 3.27. The molecule has 1 aromatic heterocycles. The first kappa shape index (κ1) is 14.9. The van der Waals surface area contributed by atoms with E-state index in [1.54, 1.807) is 6.92 Å². The molecule has 2 aromatic rings. The van der Waals surface area contributed by atoms with Gasteiger partial charge in [-0.1, -0.05) is 11.3 Å². The summed E-state index contributed by atoms with van der Waals surface area (Å²) in [5.41, 5.74) is -0.325. The van der Waals surface area contributed by atoms with Gasteiger partial charge in [-0.15, -0.1) is 0 Å². The molecule has 110 valence electrons. The summed E-state index contributed by atoms with van der Waals surface area (Å²) in [6, 6.07) is 3.04.